The van der Waals surface area contributed by atoms with Crippen LogP contribution in [0.5, 0.6) is 0 Å². The molecule has 0 amide bonds. The number of benzene rings is 1. The van der Waals surface area contributed by atoms with Gasteiger partial charge >= 0.3 is 0 Å². The Hall–Kier alpha value is -1.99. The van der Waals surface area contributed by atoms with E-state index in [2.05, 4.69) is 10.3 Å². The summed E-state index contributed by atoms with van der Waals surface area (Å²) in [6, 6.07) is 8.27. The van der Waals surface area contributed by atoms with Crippen LogP contribution >= 0.6 is 0 Å². The van der Waals surface area contributed by atoms with Crippen LogP contribution in [0.4, 0.5) is 10.1 Å². The van der Waals surface area contributed by atoms with Crippen LogP contribution in [0.25, 0.3) is 0 Å². The minimum atomic E-state index is -3.83. The first-order chi connectivity index (χ1) is 10.1. The minimum Gasteiger partial charge on any atom is -0.311 e. The lowest BCUT2D eigenvalue weighted by molar-refractivity contribution is 0.583. The third-order valence-electron chi connectivity index (χ3n) is 3.34. The van der Waals surface area contributed by atoms with E-state index < -0.39 is 15.8 Å². The van der Waals surface area contributed by atoms with Crippen LogP contribution in [0.3, 0.4) is 0 Å². The molecule has 0 saturated carbocycles. The number of nitrogens with one attached hydrogen (secondary N) is 1. The maximum atomic E-state index is 13.3. The zero-order chi connectivity index (χ0) is 14.9. The molecular weight excluding hydrogens is 293 g/mol. The zero-order valence-electron chi connectivity index (χ0n) is 11.2. The Morgan fingerprint density at radius 1 is 1.24 bits per heavy atom. The number of aromatic nitrogens is 1. The van der Waals surface area contributed by atoms with Crippen molar-refractivity contribution in [2.45, 2.75) is 11.4 Å². The van der Waals surface area contributed by atoms with Crippen LogP contribution in [0.1, 0.15) is 5.56 Å². The summed E-state index contributed by atoms with van der Waals surface area (Å²) in [5.74, 6) is -0.669. The van der Waals surface area contributed by atoms with Crippen molar-refractivity contribution in [1.29, 1.82) is 0 Å². The van der Waals surface area contributed by atoms with Gasteiger partial charge in [0, 0.05) is 25.8 Å². The molecule has 1 aromatic carbocycles. The molecule has 3 rings (SSSR count). The van der Waals surface area contributed by atoms with Crippen LogP contribution in [0, 0.1) is 5.82 Å². The van der Waals surface area contributed by atoms with Crippen molar-refractivity contribution in [3.05, 3.63) is 54.1 Å². The molecule has 0 radical (unpaired) electrons. The second kappa shape index (κ2) is 5.42. The molecular formula is C14H14FN3O2S. The first-order valence-electron chi connectivity index (χ1n) is 6.51. The average molecular weight is 307 g/mol. The SMILES string of the molecule is O=S(=O)(c1cncc(F)c1)N1CCNCc2ccccc21. The number of sulfonamides is 1. The van der Waals surface area contributed by atoms with Gasteiger partial charge in [0.1, 0.15) is 10.7 Å². The molecule has 0 bridgehead atoms. The smallest absolute Gasteiger partial charge is 0.266 e. The van der Waals surface area contributed by atoms with Gasteiger partial charge < -0.3 is 5.32 Å². The monoisotopic (exact) mass is 307 g/mol. The predicted octanol–water partition coefficient (Wildman–Crippen LogP) is 1.52. The van der Waals surface area contributed by atoms with Crippen molar-refractivity contribution in [3.63, 3.8) is 0 Å². The molecule has 0 spiro atoms. The molecule has 7 heteroatoms. The molecule has 0 atom stereocenters. The Bertz CT molecular complexity index is 764. The third kappa shape index (κ3) is 2.62. The number of anilines is 1. The molecule has 0 aliphatic carbocycles. The minimum absolute atomic E-state index is 0.140. The lowest BCUT2D eigenvalue weighted by Gasteiger charge is -2.24. The van der Waals surface area contributed by atoms with Crippen molar-refractivity contribution >= 4 is 15.7 Å². The molecule has 110 valence electrons. The lowest BCUT2D eigenvalue weighted by atomic mass is 10.2. The first kappa shape index (κ1) is 14.0. The van der Waals surface area contributed by atoms with Gasteiger partial charge in [-0.25, -0.2) is 12.8 Å². The van der Waals surface area contributed by atoms with Crippen LogP contribution in [-0.4, -0.2) is 26.5 Å². The lowest BCUT2D eigenvalue weighted by Crippen LogP contribution is -2.34. The fourth-order valence-electron chi connectivity index (χ4n) is 2.34. The maximum absolute atomic E-state index is 13.3. The van der Waals surface area contributed by atoms with Gasteiger partial charge in [0.25, 0.3) is 10.0 Å². The predicted molar refractivity (Wildman–Crippen MR) is 76.9 cm³/mol. The number of fused-ring (bicyclic) bond motifs is 1. The molecule has 5 nitrogen and oxygen atoms in total. The summed E-state index contributed by atoms with van der Waals surface area (Å²) in [5.41, 5.74) is 1.51. The van der Waals surface area contributed by atoms with Gasteiger partial charge in [-0.05, 0) is 17.7 Å². The average Bonchev–Trinajstić information content (AvgIpc) is 2.70. The van der Waals surface area contributed by atoms with E-state index in [-0.39, 0.29) is 11.4 Å². The summed E-state index contributed by atoms with van der Waals surface area (Å²) in [4.78, 5) is 3.49. The normalized spacial score (nSPS) is 15.4. The molecule has 2 aromatic rings. The van der Waals surface area contributed by atoms with Gasteiger partial charge in [0.15, 0.2) is 0 Å². The Labute approximate surface area is 122 Å². The number of rotatable bonds is 2. The molecule has 1 aliphatic heterocycles. The van der Waals surface area contributed by atoms with Gasteiger partial charge in [-0.15, -0.1) is 0 Å². The number of hydrogen-bond acceptors (Lipinski definition) is 4. The quantitative estimate of drug-likeness (QED) is 0.914. The van der Waals surface area contributed by atoms with Crippen molar-refractivity contribution in [3.8, 4) is 0 Å². The number of nitrogens with zero attached hydrogens (tertiary/aromatic N) is 2. The Kier molecular flexibility index (Phi) is 3.60. The van der Waals surface area contributed by atoms with Gasteiger partial charge in [-0.1, -0.05) is 18.2 Å². The van der Waals surface area contributed by atoms with E-state index in [1.54, 1.807) is 12.1 Å². The summed E-state index contributed by atoms with van der Waals surface area (Å²) in [5, 5.41) is 3.17. The van der Waals surface area contributed by atoms with E-state index >= 15 is 0 Å². The highest BCUT2D eigenvalue weighted by Gasteiger charge is 2.28. The van der Waals surface area contributed by atoms with E-state index in [9.17, 15) is 12.8 Å². The van der Waals surface area contributed by atoms with Crippen LogP contribution in [0.15, 0.2) is 47.6 Å². The first-order valence-corrected chi connectivity index (χ1v) is 7.95. The van der Waals surface area contributed by atoms with Crippen LogP contribution in [0.2, 0.25) is 0 Å². The molecule has 1 aromatic heterocycles. The largest absolute Gasteiger partial charge is 0.311 e. The maximum Gasteiger partial charge on any atom is 0.266 e. The van der Waals surface area contributed by atoms with E-state index in [0.29, 0.717) is 18.8 Å². The van der Waals surface area contributed by atoms with Gasteiger partial charge in [0.2, 0.25) is 0 Å². The molecule has 0 saturated heterocycles. The molecule has 2 heterocycles. The number of para-hydroxylation sites is 1. The number of hydrogen-bond donors (Lipinski definition) is 1. The van der Waals surface area contributed by atoms with Gasteiger partial charge in [-0.2, -0.15) is 0 Å². The summed E-state index contributed by atoms with van der Waals surface area (Å²) < 4.78 is 40.1. The van der Waals surface area contributed by atoms with Crippen molar-refractivity contribution in [2.24, 2.45) is 0 Å². The molecule has 21 heavy (non-hydrogen) atoms. The molecule has 0 unspecified atom stereocenters. The van der Waals surface area contributed by atoms with Crippen LogP contribution < -0.4 is 9.62 Å². The standard InChI is InChI=1S/C14H14FN3O2S/c15-12-7-13(10-17-9-12)21(19,20)18-6-5-16-8-11-3-1-2-4-14(11)18/h1-4,7,9-10,16H,5-6,8H2. The molecule has 1 aliphatic rings. The number of halogens is 1. The summed E-state index contributed by atoms with van der Waals surface area (Å²) >= 11 is 0. The van der Waals surface area contributed by atoms with Gasteiger partial charge in [-0.3, -0.25) is 9.29 Å². The summed E-state index contributed by atoms with van der Waals surface area (Å²) in [7, 11) is -3.83. The van der Waals surface area contributed by atoms with E-state index in [4.69, 9.17) is 0 Å². The van der Waals surface area contributed by atoms with E-state index in [1.807, 2.05) is 12.1 Å². The highest BCUT2D eigenvalue weighted by atomic mass is 32.2. The van der Waals surface area contributed by atoms with E-state index in [1.165, 1.54) is 10.5 Å². The zero-order valence-corrected chi connectivity index (χ0v) is 12.0. The van der Waals surface area contributed by atoms with Gasteiger partial charge in [0.05, 0.1) is 11.9 Å². The summed E-state index contributed by atoms with van der Waals surface area (Å²) in [6.45, 7) is 1.41. The fourth-order valence-corrected chi connectivity index (χ4v) is 3.82. The highest BCUT2D eigenvalue weighted by molar-refractivity contribution is 7.92. The third-order valence-corrected chi connectivity index (χ3v) is 5.11. The number of pyridine rings is 1. The topological polar surface area (TPSA) is 62.3 Å². The van der Waals surface area contributed by atoms with Crippen molar-refractivity contribution in [2.75, 3.05) is 17.4 Å². The molecule has 1 N–H and O–H groups in total. The highest BCUT2D eigenvalue weighted by Crippen LogP contribution is 2.28. The summed E-state index contributed by atoms with van der Waals surface area (Å²) in [6.07, 6.45) is 2.15. The molecule has 0 fully saturated rings. The van der Waals surface area contributed by atoms with E-state index in [0.717, 1.165) is 17.8 Å². The Morgan fingerprint density at radius 2 is 2.05 bits per heavy atom. The Morgan fingerprint density at radius 3 is 2.86 bits per heavy atom. The second-order valence-corrected chi connectivity index (χ2v) is 6.58. The van der Waals surface area contributed by atoms with Crippen molar-refractivity contribution in [1.82, 2.24) is 10.3 Å². The second-order valence-electron chi connectivity index (χ2n) is 4.72. The Balaban J connectivity index is 2.11. The van der Waals surface area contributed by atoms with Crippen molar-refractivity contribution < 1.29 is 12.8 Å². The van der Waals surface area contributed by atoms with Crippen LogP contribution in [-0.2, 0) is 16.6 Å². The fraction of sp³-hybridized carbons (Fsp3) is 0.214.